The SMILES string of the molecule is CC(C)C1=C(Cl)C(=O)N(c2cc(C(C)(C)C)on2)C1O. The van der Waals surface area contributed by atoms with E-state index in [0.717, 1.165) is 4.90 Å². The summed E-state index contributed by atoms with van der Waals surface area (Å²) in [6, 6.07) is 1.66. The fourth-order valence-electron chi connectivity index (χ4n) is 2.11. The molecule has 0 saturated heterocycles. The molecule has 6 heteroatoms. The zero-order valence-corrected chi connectivity index (χ0v) is 13.0. The highest BCUT2D eigenvalue weighted by atomic mass is 35.5. The Hall–Kier alpha value is -1.33. The van der Waals surface area contributed by atoms with E-state index in [2.05, 4.69) is 5.16 Å². The van der Waals surface area contributed by atoms with E-state index in [9.17, 15) is 9.90 Å². The Balaban J connectivity index is 2.37. The molecular formula is C14H19ClN2O3. The molecule has 5 nitrogen and oxygen atoms in total. The van der Waals surface area contributed by atoms with Crippen molar-refractivity contribution in [3.05, 3.63) is 22.4 Å². The van der Waals surface area contributed by atoms with Crippen LogP contribution >= 0.6 is 11.6 Å². The van der Waals surface area contributed by atoms with Gasteiger partial charge in [-0.25, -0.2) is 0 Å². The molecule has 1 aromatic rings. The summed E-state index contributed by atoms with van der Waals surface area (Å²) >= 11 is 6.03. The number of aliphatic hydroxyl groups is 1. The van der Waals surface area contributed by atoms with Gasteiger partial charge in [-0.3, -0.25) is 9.69 Å². The Morgan fingerprint density at radius 3 is 2.45 bits per heavy atom. The number of carbonyl (C=O) groups is 1. The predicted molar refractivity (Wildman–Crippen MR) is 76.4 cm³/mol. The molecule has 0 fully saturated rings. The van der Waals surface area contributed by atoms with Crippen molar-refractivity contribution in [1.82, 2.24) is 5.16 Å². The minimum atomic E-state index is -1.09. The monoisotopic (exact) mass is 298 g/mol. The van der Waals surface area contributed by atoms with Gasteiger partial charge in [0, 0.05) is 17.1 Å². The van der Waals surface area contributed by atoms with Crippen LogP contribution in [0.1, 0.15) is 40.4 Å². The van der Waals surface area contributed by atoms with Crippen LogP contribution in [0.2, 0.25) is 0 Å². The van der Waals surface area contributed by atoms with E-state index in [-0.39, 0.29) is 22.2 Å². The van der Waals surface area contributed by atoms with Crippen molar-refractivity contribution in [1.29, 1.82) is 0 Å². The Morgan fingerprint density at radius 1 is 1.45 bits per heavy atom. The molecule has 0 bridgehead atoms. The van der Waals surface area contributed by atoms with Crippen molar-refractivity contribution < 1.29 is 14.4 Å². The maximum atomic E-state index is 12.2. The first kappa shape index (κ1) is 15.1. The summed E-state index contributed by atoms with van der Waals surface area (Å²) in [7, 11) is 0. The van der Waals surface area contributed by atoms with E-state index < -0.39 is 12.1 Å². The summed E-state index contributed by atoms with van der Waals surface area (Å²) in [6.45, 7) is 9.68. The highest BCUT2D eigenvalue weighted by Crippen LogP contribution is 2.36. The maximum absolute atomic E-state index is 12.2. The molecule has 1 unspecified atom stereocenters. The van der Waals surface area contributed by atoms with Crippen LogP contribution in [0, 0.1) is 5.92 Å². The minimum Gasteiger partial charge on any atom is -0.369 e. The predicted octanol–water partition coefficient (Wildman–Crippen LogP) is 2.79. The maximum Gasteiger partial charge on any atom is 0.273 e. The Kier molecular flexibility index (Phi) is 3.69. The second kappa shape index (κ2) is 4.90. The molecule has 0 radical (unpaired) electrons. The fourth-order valence-corrected chi connectivity index (χ4v) is 2.51. The van der Waals surface area contributed by atoms with E-state index in [1.54, 1.807) is 6.07 Å². The number of hydrogen-bond acceptors (Lipinski definition) is 4. The number of anilines is 1. The van der Waals surface area contributed by atoms with Gasteiger partial charge >= 0.3 is 0 Å². The van der Waals surface area contributed by atoms with Gasteiger partial charge in [0.1, 0.15) is 10.8 Å². The van der Waals surface area contributed by atoms with Crippen molar-refractivity contribution in [3.63, 3.8) is 0 Å². The van der Waals surface area contributed by atoms with Gasteiger partial charge < -0.3 is 9.63 Å². The summed E-state index contributed by atoms with van der Waals surface area (Å²) in [4.78, 5) is 13.3. The zero-order chi connectivity index (χ0) is 15.2. The lowest BCUT2D eigenvalue weighted by molar-refractivity contribution is -0.115. The lowest BCUT2D eigenvalue weighted by atomic mass is 9.93. The minimum absolute atomic E-state index is 0.0274. The molecule has 2 heterocycles. The quantitative estimate of drug-likeness (QED) is 0.911. The first-order valence-electron chi connectivity index (χ1n) is 6.53. The molecule has 110 valence electrons. The average molecular weight is 299 g/mol. The van der Waals surface area contributed by atoms with Gasteiger partial charge in [-0.05, 0) is 5.92 Å². The van der Waals surface area contributed by atoms with Crippen LogP contribution in [-0.2, 0) is 10.2 Å². The van der Waals surface area contributed by atoms with Gasteiger partial charge in [0.05, 0.1) is 0 Å². The summed E-state index contributed by atoms with van der Waals surface area (Å²) in [5, 5.41) is 14.2. The van der Waals surface area contributed by atoms with Gasteiger partial charge in [-0.2, -0.15) is 0 Å². The van der Waals surface area contributed by atoms with Crippen LogP contribution in [0.4, 0.5) is 5.82 Å². The largest absolute Gasteiger partial charge is 0.369 e. The number of aliphatic hydroxyl groups excluding tert-OH is 1. The van der Waals surface area contributed by atoms with Crippen LogP contribution < -0.4 is 4.90 Å². The molecule has 0 spiro atoms. The molecule has 1 atom stereocenters. The molecular weight excluding hydrogens is 280 g/mol. The number of hydrogen-bond donors (Lipinski definition) is 1. The van der Waals surface area contributed by atoms with Crippen molar-refractivity contribution in [2.75, 3.05) is 4.90 Å². The molecule has 0 saturated carbocycles. The molecule has 0 aliphatic carbocycles. The molecule has 1 aliphatic rings. The Morgan fingerprint density at radius 2 is 2.05 bits per heavy atom. The van der Waals surface area contributed by atoms with Crippen molar-refractivity contribution in [2.45, 2.75) is 46.3 Å². The summed E-state index contributed by atoms with van der Waals surface area (Å²) in [5.74, 6) is 0.444. The first-order valence-corrected chi connectivity index (χ1v) is 6.90. The Labute approximate surface area is 123 Å². The second-order valence-corrected chi connectivity index (χ2v) is 6.65. The molecule has 1 N–H and O–H groups in total. The highest BCUT2D eigenvalue weighted by Gasteiger charge is 2.41. The third-order valence-electron chi connectivity index (χ3n) is 3.29. The number of halogens is 1. The molecule has 1 aromatic heterocycles. The van der Waals surface area contributed by atoms with E-state index in [4.69, 9.17) is 16.1 Å². The third-order valence-corrected chi connectivity index (χ3v) is 3.67. The molecule has 20 heavy (non-hydrogen) atoms. The topological polar surface area (TPSA) is 66.6 Å². The third kappa shape index (κ3) is 2.36. The van der Waals surface area contributed by atoms with Crippen LogP contribution in [0.5, 0.6) is 0 Å². The van der Waals surface area contributed by atoms with E-state index in [1.807, 2.05) is 34.6 Å². The average Bonchev–Trinajstić information content (AvgIpc) is 2.84. The van der Waals surface area contributed by atoms with Crippen molar-refractivity contribution in [2.24, 2.45) is 5.92 Å². The first-order chi connectivity index (χ1) is 9.14. The van der Waals surface area contributed by atoms with Gasteiger partial charge in [0.25, 0.3) is 5.91 Å². The molecule has 2 rings (SSSR count). The normalized spacial score (nSPS) is 20.5. The number of aromatic nitrogens is 1. The van der Waals surface area contributed by atoms with E-state index in [1.165, 1.54) is 0 Å². The summed E-state index contributed by atoms with van der Waals surface area (Å²) in [5.41, 5.74) is 0.286. The lowest BCUT2D eigenvalue weighted by Crippen LogP contribution is -2.36. The fraction of sp³-hybridized carbons (Fsp3) is 0.571. The second-order valence-electron chi connectivity index (χ2n) is 6.27. The van der Waals surface area contributed by atoms with Gasteiger partial charge in [-0.15, -0.1) is 0 Å². The number of carbonyl (C=O) groups excluding carboxylic acids is 1. The van der Waals surface area contributed by atoms with Gasteiger partial charge in [0.2, 0.25) is 0 Å². The van der Waals surface area contributed by atoms with E-state index >= 15 is 0 Å². The molecule has 1 amide bonds. The summed E-state index contributed by atoms with van der Waals surface area (Å²) in [6.07, 6.45) is -1.09. The number of amides is 1. The van der Waals surface area contributed by atoms with Crippen molar-refractivity contribution in [3.8, 4) is 0 Å². The zero-order valence-electron chi connectivity index (χ0n) is 12.3. The Bertz CT molecular complexity index is 569. The lowest BCUT2D eigenvalue weighted by Gasteiger charge is -2.20. The summed E-state index contributed by atoms with van der Waals surface area (Å²) < 4.78 is 5.25. The molecule has 0 aromatic carbocycles. The highest BCUT2D eigenvalue weighted by molar-refractivity contribution is 6.45. The van der Waals surface area contributed by atoms with Gasteiger partial charge in [-0.1, -0.05) is 51.4 Å². The standard InChI is InChI=1S/C14H19ClN2O3/c1-7(2)10-11(15)13(19)17(12(10)18)9-6-8(20-16-9)14(3,4)5/h6-7,12,18H,1-5H3. The van der Waals surface area contributed by atoms with E-state index in [0.29, 0.717) is 11.3 Å². The van der Waals surface area contributed by atoms with Gasteiger partial charge in [0.15, 0.2) is 12.0 Å². The number of rotatable bonds is 2. The number of nitrogens with zero attached hydrogens (tertiary/aromatic N) is 2. The smallest absolute Gasteiger partial charge is 0.273 e. The van der Waals surface area contributed by atoms with Crippen LogP contribution in [-0.4, -0.2) is 22.4 Å². The van der Waals surface area contributed by atoms with Crippen LogP contribution in [0.3, 0.4) is 0 Å². The van der Waals surface area contributed by atoms with Crippen molar-refractivity contribution >= 4 is 23.3 Å². The van der Waals surface area contributed by atoms with Crippen LogP contribution in [0.25, 0.3) is 0 Å². The van der Waals surface area contributed by atoms with Crippen LogP contribution in [0.15, 0.2) is 21.2 Å². The molecule has 1 aliphatic heterocycles.